The number of aliphatic imine (C=N–C) groups is 1. The number of likely N-dealkylation sites (tertiary alicyclic amines) is 1. The van der Waals surface area contributed by atoms with Crippen molar-refractivity contribution >= 4 is 5.96 Å². The van der Waals surface area contributed by atoms with Crippen molar-refractivity contribution in [2.45, 2.75) is 52.0 Å². The maximum atomic E-state index is 6.11. The van der Waals surface area contributed by atoms with Crippen molar-refractivity contribution in [3.05, 3.63) is 0 Å². The second-order valence-electron chi connectivity index (χ2n) is 5.69. The molecule has 92 valence electrons. The van der Waals surface area contributed by atoms with E-state index in [1.54, 1.807) is 0 Å². The average Bonchev–Trinajstić information content (AvgIpc) is 2.69. The highest BCUT2D eigenvalue weighted by Gasteiger charge is 2.36. The van der Waals surface area contributed by atoms with Crippen molar-refractivity contribution in [2.75, 3.05) is 13.1 Å². The van der Waals surface area contributed by atoms with E-state index in [0.717, 1.165) is 25.0 Å². The van der Waals surface area contributed by atoms with Crippen molar-refractivity contribution in [3.63, 3.8) is 0 Å². The van der Waals surface area contributed by atoms with Crippen LogP contribution in [-0.2, 0) is 0 Å². The van der Waals surface area contributed by atoms with E-state index in [1.807, 2.05) is 0 Å². The number of rotatable bonds is 2. The molecule has 0 bridgehead atoms. The Morgan fingerprint density at radius 2 is 2.06 bits per heavy atom. The van der Waals surface area contributed by atoms with Crippen molar-refractivity contribution in [2.24, 2.45) is 22.6 Å². The Labute approximate surface area is 99.1 Å². The maximum absolute atomic E-state index is 6.11. The zero-order chi connectivity index (χ0) is 11.5. The summed E-state index contributed by atoms with van der Waals surface area (Å²) in [6.07, 6.45) is 6.83. The third-order valence-electron chi connectivity index (χ3n) is 3.92. The van der Waals surface area contributed by atoms with E-state index in [0.29, 0.717) is 12.0 Å². The lowest BCUT2D eigenvalue weighted by Crippen LogP contribution is -2.43. The summed E-state index contributed by atoms with van der Waals surface area (Å²) in [6.45, 7) is 6.36. The zero-order valence-corrected chi connectivity index (χ0v) is 10.7. The minimum atomic E-state index is 0.600. The van der Waals surface area contributed by atoms with Gasteiger partial charge in [0.15, 0.2) is 5.96 Å². The molecule has 1 saturated carbocycles. The number of nitrogens with zero attached hydrogens (tertiary/aromatic N) is 2. The van der Waals surface area contributed by atoms with Gasteiger partial charge in [0.1, 0.15) is 0 Å². The lowest BCUT2D eigenvalue weighted by atomic mass is 9.85. The minimum absolute atomic E-state index is 0.600. The van der Waals surface area contributed by atoms with Gasteiger partial charge in [0.25, 0.3) is 0 Å². The molecule has 1 saturated heterocycles. The Balaban J connectivity index is 1.96. The second-order valence-corrected chi connectivity index (χ2v) is 5.69. The normalized spacial score (nSPS) is 30.9. The highest BCUT2D eigenvalue weighted by molar-refractivity contribution is 5.78. The smallest absolute Gasteiger partial charge is 0.191 e. The fourth-order valence-corrected chi connectivity index (χ4v) is 3.06. The molecule has 16 heavy (non-hydrogen) atoms. The van der Waals surface area contributed by atoms with Crippen LogP contribution in [0, 0.1) is 11.8 Å². The van der Waals surface area contributed by atoms with Gasteiger partial charge >= 0.3 is 0 Å². The molecule has 0 radical (unpaired) electrons. The van der Waals surface area contributed by atoms with Gasteiger partial charge < -0.3 is 10.6 Å². The van der Waals surface area contributed by atoms with E-state index < -0.39 is 0 Å². The first-order valence-corrected chi connectivity index (χ1v) is 6.75. The Bertz CT molecular complexity index is 260. The quantitative estimate of drug-likeness (QED) is 0.576. The molecular formula is C13H25N3. The fraction of sp³-hybridized carbons (Fsp3) is 0.923. The molecule has 2 atom stereocenters. The third-order valence-corrected chi connectivity index (χ3v) is 3.92. The third kappa shape index (κ3) is 2.50. The molecule has 1 aliphatic carbocycles. The van der Waals surface area contributed by atoms with Crippen LogP contribution in [0.1, 0.15) is 46.0 Å². The molecule has 0 spiro atoms. The fourth-order valence-electron chi connectivity index (χ4n) is 3.06. The molecule has 2 rings (SSSR count). The molecule has 0 aromatic rings. The van der Waals surface area contributed by atoms with Gasteiger partial charge in [0.05, 0.1) is 0 Å². The SMILES string of the molecule is CC(C)CN=C(N)N1CCC2CCCCC21. The van der Waals surface area contributed by atoms with Crippen molar-refractivity contribution < 1.29 is 0 Å². The number of hydrogen-bond acceptors (Lipinski definition) is 1. The lowest BCUT2D eigenvalue weighted by molar-refractivity contribution is 0.252. The minimum Gasteiger partial charge on any atom is -0.370 e. The summed E-state index contributed by atoms with van der Waals surface area (Å²) in [6, 6.07) is 0.699. The van der Waals surface area contributed by atoms with Crippen LogP contribution >= 0.6 is 0 Å². The monoisotopic (exact) mass is 223 g/mol. The Morgan fingerprint density at radius 1 is 1.31 bits per heavy atom. The van der Waals surface area contributed by atoms with Gasteiger partial charge in [-0.15, -0.1) is 0 Å². The van der Waals surface area contributed by atoms with Gasteiger partial charge in [-0.1, -0.05) is 26.7 Å². The summed E-state index contributed by atoms with van der Waals surface area (Å²) in [7, 11) is 0. The van der Waals surface area contributed by atoms with Gasteiger partial charge in [-0.25, -0.2) is 0 Å². The first-order valence-electron chi connectivity index (χ1n) is 6.75. The van der Waals surface area contributed by atoms with Gasteiger partial charge in [-0.3, -0.25) is 4.99 Å². The predicted molar refractivity (Wildman–Crippen MR) is 68.4 cm³/mol. The summed E-state index contributed by atoms with van der Waals surface area (Å²) < 4.78 is 0. The molecule has 2 unspecified atom stereocenters. The molecule has 1 aliphatic heterocycles. The van der Waals surface area contributed by atoms with Crippen LogP contribution in [-0.4, -0.2) is 30.0 Å². The highest BCUT2D eigenvalue weighted by Crippen LogP contribution is 2.35. The first kappa shape index (κ1) is 11.7. The standard InChI is InChI=1S/C13H25N3/c1-10(2)9-15-13(14)16-8-7-11-5-3-4-6-12(11)16/h10-12H,3-9H2,1-2H3,(H2,14,15). The zero-order valence-electron chi connectivity index (χ0n) is 10.7. The van der Waals surface area contributed by atoms with Crippen molar-refractivity contribution in [3.8, 4) is 0 Å². The summed E-state index contributed by atoms with van der Waals surface area (Å²) >= 11 is 0. The summed E-state index contributed by atoms with van der Waals surface area (Å²) in [5.74, 6) is 2.29. The molecule has 1 heterocycles. The topological polar surface area (TPSA) is 41.6 Å². The number of nitrogens with two attached hydrogens (primary N) is 1. The molecule has 2 aliphatic rings. The summed E-state index contributed by atoms with van der Waals surface area (Å²) in [5.41, 5.74) is 6.11. The van der Waals surface area contributed by atoms with E-state index in [4.69, 9.17) is 5.73 Å². The van der Waals surface area contributed by atoms with E-state index in [-0.39, 0.29) is 0 Å². The van der Waals surface area contributed by atoms with E-state index in [9.17, 15) is 0 Å². The van der Waals surface area contributed by atoms with Crippen molar-refractivity contribution in [1.29, 1.82) is 0 Å². The molecule has 2 N–H and O–H groups in total. The van der Waals surface area contributed by atoms with Gasteiger partial charge in [0, 0.05) is 19.1 Å². The number of guanidine groups is 1. The molecule has 3 nitrogen and oxygen atoms in total. The predicted octanol–water partition coefficient (Wildman–Crippen LogP) is 2.22. The van der Waals surface area contributed by atoms with Gasteiger partial charge in [-0.05, 0) is 31.1 Å². The van der Waals surface area contributed by atoms with Crippen LogP contribution in [0.15, 0.2) is 4.99 Å². The van der Waals surface area contributed by atoms with Crippen molar-refractivity contribution in [1.82, 2.24) is 4.90 Å². The van der Waals surface area contributed by atoms with E-state index in [1.165, 1.54) is 32.1 Å². The summed E-state index contributed by atoms with van der Waals surface area (Å²) in [4.78, 5) is 6.88. The van der Waals surface area contributed by atoms with E-state index in [2.05, 4.69) is 23.7 Å². The lowest BCUT2D eigenvalue weighted by Gasteiger charge is -2.32. The second kappa shape index (κ2) is 5.07. The van der Waals surface area contributed by atoms with E-state index >= 15 is 0 Å². The van der Waals surface area contributed by atoms with Gasteiger partial charge in [-0.2, -0.15) is 0 Å². The van der Waals surface area contributed by atoms with Crippen LogP contribution in [0.25, 0.3) is 0 Å². The molecule has 3 heteroatoms. The molecular weight excluding hydrogens is 198 g/mol. The number of hydrogen-bond donors (Lipinski definition) is 1. The maximum Gasteiger partial charge on any atom is 0.191 e. The first-order chi connectivity index (χ1) is 7.68. The average molecular weight is 223 g/mol. The Kier molecular flexibility index (Phi) is 3.72. The largest absolute Gasteiger partial charge is 0.370 e. The van der Waals surface area contributed by atoms with Crippen LogP contribution in [0.3, 0.4) is 0 Å². The Hall–Kier alpha value is -0.730. The Morgan fingerprint density at radius 3 is 2.81 bits per heavy atom. The van der Waals surface area contributed by atoms with Crippen LogP contribution in [0.5, 0.6) is 0 Å². The van der Waals surface area contributed by atoms with Gasteiger partial charge in [0.2, 0.25) is 0 Å². The molecule has 0 aromatic carbocycles. The number of fused-ring (bicyclic) bond motifs is 1. The summed E-state index contributed by atoms with van der Waals surface area (Å²) in [5, 5.41) is 0. The van der Waals surface area contributed by atoms with Crippen LogP contribution in [0.4, 0.5) is 0 Å². The molecule has 0 amide bonds. The highest BCUT2D eigenvalue weighted by atomic mass is 15.3. The van der Waals surface area contributed by atoms with Crippen LogP contribution < -0.4 is 5.73 Å². The molecule has 0 aromatic heterocycles. The van der Waals surface area contributed by atoms with Crippen LogP contribution in [0.2, 0.25) is 0 Å². The molecule has 2 fully saturated rings.